The Balaban J connectivity index is 3.82. The zero-order valence-electron chi connectivity index (χ0n) is 32.1. The van der Waals surface area contributed by atoms with E-state index in [0.29, 0.717) is 26.3 Å². The monoisotopic (exact) mass is 679 g/mol. The molecule has 0 heterocycles. The fourth-order valence-electron chi connectivity index (χ4n) is 5.80. The van der Waals surface area contributed by atoms with Gasteiger partial charge in [-0.2, -0.15) is 0 Å². The number of carbonyl (C=O) groups excluding carboxylic acids is 1. The van der Waals surface area contributed by atoms with Gasteiger partial charge in [0.05, 0.1) is 6.61 Å². The summed E-state index contributed by atoms with van der Waals surface area (Å²) in [6, 6.07) is 0. The van der Waals surface area contributed by atoms with E-state index in [4.69, 9.17) is 19.9 Å². The van der Waals surface area contributed by atoms with Crippen LogP contribution in [-0.2, 0) is 14.2 Å². The molecule has 0 spiro atoms. The Morgan fingerprint density at radius 2 is 0.938 bits per heavy atom. The van der Waals surface area contributed by atoms with Crippen LogP contribution in [0.1, 0.15) is 194 Å². The number of hydrogen-bond acceptors (Lipinski definition) is 5. The summed E-state index contributed by atoms with van der Waals surface area (Å²) in [6.07, 6.45) is 45.2. The predicted molar refractivity (Wildman–Crippen MR) is 208 cm³/mol. The van der Waals surface area contributed by atoms with E-state index in [9.17, 15) is 4.79 Å². The fourth-order valence-corrected chi connectivity index (χ4v) is 5.80. The van der Waals surface area contributed by atoms with E-state index in [1.165, 1.54) is 167 Å². The van der Waals surface area contributed by atoms with Crippen molar-refractivity contribution in [3.8, 4) is 0 Å². The van der Waals surface area contributed by atoms with Gasteiger partial charge < -0.3 is 25.3 Å². The molecule has 0 aliphatic carbocycles. The Kier molecular flexibility index (Phi) is 40.6. The number of rotatable bonds is 39. The van der Waals surface area contributed by atoms with Crippen molar-refractivity contribution in [1.29, 1.82) is 0 Å². The third-order valence-electron chi connectivity index (χ3n) is 8.93. The van der Waals surface area contributed by atoms with E-state index in [-0.39, 0.29) is 12.7 Å². The minimum Gasteiger partial charge on any atom is -0.447 e. The number of ether oxygens (including phenoxy) is 3. The standard InChI is InChI=1S/C42H82N2O4/c1-3-5-7-9-11-13-15-17-19-21-23-25-27-29-31-33-37-46-39-41(40-48-42(45)44-36-35-43)47-38-34-32-30-28-26-24-22-20-18-16-14-12-10-8-6-4-2/h17-20,41H,3-16,21-40,43H2,1-2H3,(H,44,45). The highest BCUT2D eigenvalue weighted by molar-refractivity contribution is 5.67. The van der Waals surface area contributed by atoms with Gasteiger partial charge in [-0.05, 0) is 64.2 Å². The van der Waals surface area contributed by atoms with Crippen molar-refractivity contribution in [1.82, 2.24) is 5.32 Å². The summed E-state index contributed by atoms with van der Waals surface area (Å²) in [7, 11) is 0. The smallest absolute Gasteiger partial charge is 0.407 e. The lowest BCUT2D eigenvalue weighted by Crippen LogP contribution is -2.34. The molecule has 0 radical (unpaired) electrons. The van der Waals surface area contributed by atoms with Crippen molar-refractivity contribution < 1.29 is 19.0 Å². The maximum atomic E-state index is 11.9. The second kappa shape index (κ2) is 41.8. The minimum atomic E-state index is -0.445. The Bertz CT molecular complexity index is 685. The Labute approximate surface area is 299 Å². The van der Waals surface area contributed by atoms with Crippen LogP contribution in [0.4, 0.5) is 4.79 Å². The van der Waals surface area contributed by atoms with Gasteiger partial charge in [-0.3, -0.25) is 0 Å². The summed E-state index contributed by atoms with van der Waals surface area (Å²) in [5.41, 5.74) is 5.47. The molecule has 1 unspecified atom stereocenters. The molecule has 0 saturated carbocycles. The Hall–Kier alpha value is -1.37. The molecule has 0 fully saturated rings. The molecule has 6 heteroatoms. The zero-order chi connectivity index (χ0) is 34.9. The molecule has 0 aromatic heterocycles. The summed E-state index contributed by atoms with van der Waals surface area (Å²) in [6.45, 7) is 7.43. The van der Waals surface area contributed by atoms with Crippen molar-refractivity contribution >= 4 is 6.09 Å². The first-order chi connectivity index (χ1) is 23.7. The SMILES string of the molecule is CCCCCCCCC=CCCCCCCCCOCC(COC(=O)NCCN)OCCCCCCCCC=CCCCCCCCC. The van der Waals surface area contributed by atoms with Gasteiger partial charge in [0, 0.05) is 26.3 Å². The molecule has 1 amide bonds. The van der Waals surface area contributed by atoms with Gasteiger partial charge in [0.1, 0.15) is 12.7 Å². The molecule has 3 N–H and O–H groups in total. The Morgan fingerprint density at radius 1 is 0.542 bits per heavy atom. The molecule has 0 rings (SSSR count). The van der Waals surface area contributed by atoms with Gasteiger partial charge in [-0.1, -0.05) is 154 Å². The number of carbonyl (C=O) groups is 1. The molecule has 6 nitrogen and oxygen atoms in total. The van der Waals surface area contributed by atoms with Crippen molar-refractivity contribution in [3.63, 3.8) is 0 Å². The first kappa shape index (κ1) is 46.6. The van der Waals surface area contributed by atoms with Crippen LogP contribution in [0.15, 0.2) is 24.3 Å². The van der Waals surface area contributed by atoms with Gasteiger partial charge >= 0.3 is 6.09 Å². The first-order valence-electron chi connectivity index (χ1n) is 20.8. The van der Waals surface area contributed by atoms with Crippen molar-refractivity contribution in [2.24, 2.45) is 5.73 Å². The summed E-state index contributed by atoms with van der Waals surface area (Å²) in [5.74, 6) is 0. The lowest BCUT2D eigenvalue weighted by atomic mass is 10.1. The predicted octanol–water partition coefficient (Wildman–Crippen LogP) is 12.1. The number of alkyl carbamates (subject to hydrolysis) is 1. The van der Waals surface area contributed by atoms with Crippen LogP contribution in [-0.4, -0.2) is 51.7 Å². The maximum absolute atomic E-state index is 11.9. The molecular formula is C42H82N2O4. The highest BCUT2D eigenvalue weighted by Crippen LogP contribution is 2.12. The third-order valence-corrected chi connectivity index (χ3v) is 8.93. The number of hydrogen-bond donors (Lipinski definition) is 2. The van der Waals surface area contributed by atoms with Gasteiger partial charge in [0.15, 0.2) is 0 Å². The third kappa shape index (κ3) is 39.1. The van der Waals surface area contributed by atoms with Gasteiger partial charge in [-0.25, -0.2) is 4.79 Å². The summed E-state index contributed by atoms with van der Waals surface area (Å²) >= 11 is 0. The highest BCUT2D eigenvalue weighted by Gasteiger charge is 2.13. The van der Waals surface area contributed by atoms with E-state index < -0.39 is 6.09 Å². The van der Waals surface area contributed by atoms with Crippen molar-refractivity contribution in [2.45, 2.75) is 200 Å². The lowest BCUT2D eigenvalue weighted by Gasteiger charge is -2.18. The number of unbranched alkanes of at least 4 members (excludes halogenated alkanes) is 24. The second-order valence-electron chi connectivity index (χ2n) is 13.8. The average Bonchev–Trinajstić information content (AvgIpc) is 3.10. The zero-order valence-corrected chi connectivity index (χ0v) is 32.1. The summed E-state index contributed by atoms with van der Waals surface area (Å²) in [4.78, 5) is 11.9. The minimum absolute atomic E-state index is 0.205. The molecule has 48 heavy (non-hydrogen) atoms. The first-order valence-corrected chi connectivity index (χ1v) is 20.8. The topological polar surface area (TPSA) is 82.8 Å². The van der Waals surface area contributed by atoms with Gasteiger partial charge in [0.25, 0.3) is 0 Å². The molecule has 0 aliphatic heterocycles. The highest BCUT2D eigenvalue weighted by atomic mass is 16.6. The summed E-state index contributed by atoms with van der Waals surface area (Å²) < 4.78 is 17.4. The molecule has 0 saturated heterocycles. The van der Waals surface area contributed by atoms with Crippen LogP contribution in [0.2, 0.25) is 0 Å². The van der Waals surface area contributed by atoms with Crippen LogP contribution in [0.5, 0.6) is 0 Å². The van der Waals surface area contributed by atoms with E-state index in [1.54, 1.807) is 0 Å². The van der Waals surface area contributed by atoms with Gasteiger partial charge in [-0.15, -0.1) is 0 Å². The second-order valence-corrected chi connectivity index (χ2v) is 13.8. The van der Waals surface area contributed by atoms with Crippen LogP contribution in [0.3, 0.4) is 0 Å². The number of nitrogens with one attached hydrogen (secondary N) is 1. The number of allylic oxidation sites excluding steroid dienone is 4. The molecule has 0 bridgehead atoms. The van der Waals surface area contributed by atoms with E-state index in [1.807, 2.05) is 0 Å². The molecule has 284 valence electrons. The van der Waals surface area contributed by atoms with E-state index in [2.05, 4.69) is 43.5 Å². The van der Waals surface area contributed by atoms with Crippen molar-refractivity contribution in [2.75, 3.05) is 39.5 Å². The van der Waals surface area contributed by atoms with E-state index in [0.717, 1.165) is 19.4 Å². The average molecular weight is 679 g/mol. The molecule has 0 aliphatic rings. The fraction of sp³-hybridized carbons (Fsp3) is 0.881. The Morgan fingerprint density at radius 3 is 1.38 bits per heavy atom. The largest absolute Gasteiger partial charge is 0.447 e. The van der Waals surface area contributed by atoms with Crippen LogP contribution in [0.25, 0.3) is 0 Å². The summed E-state index contributed by atoms with van der Waals surface area (Å²) in [5, 5.41) is 2.65. The van der Waals surface area contributed by atoms with Crippen LogP contribution in [0, 0.1) is 0 Å². The maximum Gasteiger partial charge on any atom is 0.407 e. The number of nitrogens with two attached hydrogens (primary N) is 1. The number of amides is 1. The van der Waals surface area contributed by atoms with Crippen LogP contribution >= 0.6 is 0 Å². The van der Waals surface area contributed by atoms with Crippen molar-refractivity contribution in [3.05, 3.63) is 24.3 Å². The quantitative estimate of drug-likeness (QED) is 0.0499. The van der Waals surface area contributed by atoms with Crippen LogP contribution < -0.4 is 11.1 Å². The van der Waals surface area contributed by atoms with E-state index >= 15 is 0 Å². The molecular weight excluding hydrogens is 596 g/mol. The lowest BCUT2D eigenvalue weighted by molar-refractivity contribution is -0.0467. The van der Waals surface area contributed by atoms with Gasteiger partial charge in [0.2, 0.25) is 0 Å². The molecule has 0 aromatic carbocycles. The normalized spacial score (nSPS) is 12.4. The molecule has 0 aromatic rings. The molecule has 1 atom stereocenters.